The summed E-state index contributed by atoms with van der Waals surface area (Å²) in [6.45, 7) is 0.309. The van der Waals surface area contributed by atoms with Crippen LogP contribution in [0.15, 0.2) is 59.6 Å². The van der Waals surface area contributed by atoms with Crippen LogP contribution >= 0.6 is 0 Å². The predicted octanol–water partition coefficient (Wildman–Crippen LogP) is 2.27. The van der Waals surface area contributed by atoms with Crippen molar-refractivity contribution in [3.05, 3.63) is 65.9 Å². The van der Waals surface area contributed by atoms with Gasteiger partial charge in [-0.25, -0.2) is 12.7 Å². The Hall–Kier alpha value is -3.17. The van der Waals surface area contributed by atoms with Gasteiger partial charge in [-0.3, -0.25) is 9.89 Å². The van der Waals surface area contributed by atoms with Crippen LogP contribution in [-0.4, -0.2) is 50.0 Å². The number of rotatable bonds is 7. The molecule has 3 rings (SSSR count). The van der Waals surface area contributed by atoms with Crippen molar-refractivity contribution in [3.8, 4) is 17.0 Å². The molecule has 0 bridgehead atoms. The molecule has 0 saturated carbocycles. The first-order chi connectivity index (χ1) is 13.8. The van der Waals surface area contributed by atoms with E-state index in [1.165, 1.54) is 39.4 Å². The summed E-state index contributed by atoms with van der Waals surface area (Å²) < 4.78 is 31.2. The number of hydrogen-bond acceptors (Lipinski definition) is 5. The van der Waals surface area contributed by atoms with E-state index in [0.29, 0.717) is 6.54 Å². The highest BCUT2D eigenvalue weighted by Gasteiger charge is 2.23. The Kier molecular flexibility index (Phi) is 6.00. The van der Waals surface area contributed by atoms with Crippen LogP contribution in [0, 0.1) is 0 Å². The zero-order valence-corrected chi connectivity index (χ0v) is 17.2. The number of carbonyl (C=O) groups is 1. The Morgan fingerprint density at radius 3 is 2.45 bits per heavy atom. The molecule has 0 unspecified atom stereocenters. The minimum Gasteiger partial charge on any atom is -0.495 e. The van der Waals surface area contributed by atoms with E-state index >= 15 is 0 Å². The maximum atomic E-state index is 12.5. The molecular formula is C20H22N4O4S. The maximum Gasteiger partial charge on any atom is 0.251 e. The quantitative estimate of drug-likeness (QED) is 0.617. The van der Waals surface area contributed by atoms with Gasteiger partial charge in [0.15, 0.2) is 0 Å². The molecule has 1 aromatic heterocycles. The van der Waals surface area contributed by atoms with Crippen LogP contribution in [0.2, 0.25) is 0 Å². The number of carbonyl (C=O) groups excluding carboxylic acids is 1. The van der Waals surface area contributed by atoms with Crippen LogP contribution in [-0.2, 0) is 16.6 Å². The summed E-state index contributed by atoms with van der Waals surface area (Å²) in [5, 5.41) is 9.63. The summed E-state index contributed by atoms with van der Waals surface area (Å²) in [5.74, 6) is -0.190. The van der Waals surface area contributed by atoms with Crippen molar-refractivity contribution in [2.75, 3.05) is 21.2 Å². The first kappa shape index (κ1) is 20.6. The third-order valence-electron chi connectivity index (χ3n) is 4.40. The van der Waals surface area contributed by atoms with E-state index in [-0.39, 0.29) is 22.1 Å². The summed E-state index contributed by atoms with van der Waals surface area (Å²) in [6.07, 6.45) is 1.68. The number of nitrogens with one attached hydrogen (secondary N) is 2. The van der Waals surface area contributed by atoms with E-state index in [1.54, 1.807) is 6.20 Å². The van der Waals surface area contributed by atoms with Crippen molar-refractivity contribution in [2.24, 2.45) is 0 Å². The van der Waals surface area contributed by atoms with Gasteiger partial charge in [0.1, 0.15) is 10.6 Å². The normalized spacial score (nSPS) is 11.4. The van der Waals surface area contributed by atoms with Crippen LogP contribution in [0.4, 0.5) is 0 Å². The third kappa shape index (κ3) is 4.47. The largest absolute Gasteiger partial charge is 0.495 e. The van der Waals surface area contributed by atoms with E-state index in [9.17, 15) is 13.2 Å². The highest BCUT2D eigenvalue weighted by molar-refractivity contribution is 7.89. The summed E-state index contributed by atoms with van der Waals surface area (Å²) in [5.41, 5.74) is 3.05. The average molecular weight is 414 g/mol. The Balaban J connectivity index is 1.74. The molecule has 9 heteroatoms. The van der Waals surface area contributed by atoms with Gasteiger partial charge in [0.25, 0.3) is 5.91 Å². The van der Waals surface area contributed by atoms with Crippen LogP contribution in [0.5, 0.6) is 5.75 Å². The highest BCUT2D eigenvalue weighted by Crippen LogP contribution is 2.27. The number of aromatic amines is 1. The summed E-state index contributed by atoms with van der Waals surface area (Å²) >= 11 is 0. The van der Waals surface area contributed by atoms with Crippen LogP contribution in [0.3, 0.4) is 0 Å². The molecule has 8 nitrogen and oxygen atoms in total. The van der Waals surface area contributed by atoms with Crippen molar-refractivity contribution in [1.29, 1.82) is 0 Å². The van der Waals surface area contributed by atoms with Crippen molar-refractivity contribution >= 4 is 15.9 Å². The lowest BCUT2D eigenvalue weighted by molar-refractivity contribution is 0.0950. The molecule has 0 saturated heterocycles. The fraction of sp³-hybridized carbons (Fsp3) is 0.200. The number of H-pyrrole nitrogens is 1. The molecule has 1 heterocycles. The number of amides is 1. The maximum absolute atomic E-state index is 12.5. The predicted molar refractivity (Wildman–Crippen MR) is 109 cm³/mol. The van der Waals surface area contributed by atoms with Gasteiger partial charge in [-0.1, -0.05) is 24.3 Å². The molecule has 2 N–H and O–H groups in total. The van der Waals surface area contributed by atoms with Crippen molar-refractivity contribution < 1.29 is 17.9 Å². The number of nitrogens with zero attached hydrogens (tertiary/aromatic N) is 2. The average Bonchev–Trinajstić information content (AvgIpc) is 3.26. The SMILES string of the molecule is COc1ccc(C(=O)NCc2ccc(-c3ccn[nH]3)cc2)cc1S(=O)(=O)N(C)C. The minimum absolute atomic E-state index is 0.0541. The Morgan fingerprint density at radius 2 is 1.86 bits per heavy atom. The lowest BCUT2D eigenvalue weighted by Crippen LogP contribution is -2.25. The van der Waals surface area contributed by atoms with Gasteiger partial charge in [0.2, 0.25) is 10.0 Å². The summed E-state index contributed by atoms with van der Waals surface area (Å²) in [6, 6.07) is 13.9. The lowest BCUT2D eigenvalue weighted by atomic mass is 10.1. The van der Waals surface area contributed by atoms with Crippen molar-refractivity contribution in [1.82, 2.24) is 19.8 Å². The Morgan fingerprint density at radius 1 is 1.14 bits per heavy atom. The van der Waals surface area contributed by atoms with E-state index in [2.05, 4.69) is 15.5 Å². The first-order valence-corrected chi connectivity index (χ1v) is 10.2. The molecule has 3 aromatic rings. The van der Waals surface area contributed by atoms with Gasteiger partial charge in [-0.2, -0.15) is 5.10 Å². The van der Waals surface area contributed by atoms with Gasteiger partial charge >= 0.3 is 0 Å². The molecule has 0 fully saturated rings. The second-order valence-electron chi connectivity index (χ2n) is 6.50. The van der Waals surface area contributed by atoms with E-state index in [0.717, 1.165) is 21.1 Å². The number of methoxy groups -OCH3 is 1. The molecule has 0 radical (unpaired) electrons. The van der Waals surface area contributed by atoms with Crippen LogP contribution < -0.4 is 10.1 Å². The molecular weight excluding hydrogens is 392 g/mol. The van der Waals surface area contributed by atoms with E-state index in [4.69, 9.17) is 4.74 Å². The third-order valence-corrected chi connectivity index (χ3v) is 6.24. The molecule has 29 heavy (non-hydrogen) atoms. The van der Waals surface area contributed by atoms with Gasteiger partial charge in [0, 0.05) is 32.4 Å². The summed E-state index contributed by atoms with van der Waals surface area (Å²) in [7, 11) is 0.487. The lowest BCUT2D eigenvalue weighted by Gasteiger charge is -2.15. The fourth-order valence-corrected chi connectivity index (χ4v) is 3.79. The monoisotopic (exact) mass is 414 g/mol. The van der Waals surface area contributed by atoms with Crippen LogP contribution in [0.25, 0.3) is 11.3 Å². The molecule has 2 aromatic carbocycles. The standard InChI is InChI=1S/C20H22N4O4S/c1-24(2)29(26,27)19-12-16(8-9-18(19)28-3)20(25)21-13-14-4-6-15(7-5-14)17-10-11-22-23-17/h4-12H,13H2,1-3H3,(H,21,25)(H,22,23). The highest BCUT2D eigenvalue weighted by atomic mass is 32.2. The van der Waals surface area contributed by atoms with Crippen molar-refractivity contribution in [3.63, 3.8) is 0 Å². The molecule has 1 amide bonds. The van der Waals surface area contributed by atoms with Gasteiger partial charge in [-0.05, 0) is 35.4 Å². The molecule has 0 spiro atoms. The molecule has 152 valence electrons. The fourth-order valence-electron chi connectivity index (χ4n) is 2.72. The Labute approximate surface area is 169 Å². The zero-order valence-electron chi connectivity index (χ0n) is 16.3. The summed E-state index contributed by atoms with van der Waals surface area (Å²) in [4.78, 5) is 12.5. The molecule has 0 aliphatic heterocycles. The Bertz CT molecular complexity index is 1090. The number of sulfonamides is 1. The van der Waals surface area contributed by atoms with Gasteiger partial charge in [-0.15, -0.1) is 0 Å². The van der Waals surface area contributed by atoms with Gasteiger partial charge < -0.3 is 10.1 Å². The second-order valence-corrected chi connectivity index (χ2v) is 8.62. The topological polar surface area (TPSA) is 104 Å². The van der Waals surface area contributed by atoms with E-state index in [1.807, 2.05) is 30.3 Å². The second kappa shape index (κ2) is 8.46. The number of benzene rings is 2. The smallest absolute Gasteiger partial charge is 0.251 e. The number of ether oxygens (including phenoxy) is 1. The molecule has 0 aliphatic rings. The zero-order chi connectivity index (χ0) is 21.0. The van der Waals surface area contributed by atoms with Gasteiger partial charge in [0.05, 0.1) is 12.8 Å². The van der Waals surface area contributed by atoms with Crippen molar-refractivity contribution in [2.45, 2.75) is 11.4 Å². The minimum atomic E-state index is -3.75. The first-order valence-electron chi connectivity index (χ1n) is 8.80. The number of hydrogen-bond donors (Lipinski definition) is 2. The van der Waals surface area contributed by atoms with E-state index < -0.39 is 10.0 Å². The molecule has 0 atom stereocenters. The van der Waals surface area contributed by atoms with Crippen LogP contribution in [0.1, 0.15) is 15.9 Å². The number of aromatic nitrogens is 2. The molecule has 0 aliphatic carbocycles.